The van der Waals surface area contributed by atoms with Crippen LogP contribution in [0.15, 0.2) is 42.5 Å². The molecule has 2 aromatic rings. The molecule has 0 aliphatic heterocycles. The first-order chi connectivity index (χ1) is 11.9. The molecule has 0 saturated heterocycles. The van der Waals surface area contributed by atoms with E-state index in [0.29, 0.717) is 23.8 Å². The van der Waals surface area contributed by atoms with E-state index >= 15 is 0 Å². The second-order valence-corrected chi connectivity index (χ2v) is 5.60. The first kappa shape index (κ1) is 18.6. The number of ether oxygens (including phenoxy) is 3. The number of hydrogen-bond donors (Lipinski definition) is 0. The highest BCUT2D eigenvalue weighted by Crippen LogP contribution is 2.28. The maximum Gasteiger partial charge on any atom is 0.263 e. The molecule has 25 heavy (non-hydrogen) atoms. The zero-order chi connectivity index (χ0) is 18.4. The molecular weight excluding hydrogens is 325 g/mol. The van der Waals surface area contributed by atoms with E-state index in [4.69, 9.17) is 14.2 Å². The number of halogens is 1. The largest absolute Gasteiger partial charge is 0.493 e. The van der Waals surface area contributed by atoms with Gasteiger partial charge in [0, 0.05) is 13.6 Å². The molecule has 5 nitrogen and oxygen atoms in total. The molecule has 0 bridgehead atoms. The van der Waals surface area contributed by atoms with E-state index in [2.05, 4.69) is 0 Å². The average Bonchev–Trinajstić information content (AvgIpc) is 2.62. The van der Waals surface area contributed by atoms with Gasteiger partial charge in [0.05, 0.1) is 14.2 Å². The van der Waals surface area contributed by atoms with Crippen molar-refractivity contribution in [3.63, 3.8) is 0 Å². The Balaban J connectivity index is 2.00. The Morgan fingerprint density at radius 3 is 2.32 bits per heavy atom. The Morgan fingerprint density at radius 2 is 1.72 bits per heavy atom. The van der Waals surface area contributed by atoms with Gasteiger partial charge in [-0.05, 0) is 48.9 Å². The van der Waals surface area contributed by atoms with E-state index < -0.39 is 6.10 Å². The third kappa shape index (κ3) is 4.86. The lowest BCUT2D eigenvalue weighted by molar-refractivity contribution is -0.137. The van der Waals surface area contributed by atoms with Crippen molar-refractivity contribution in [2.24, 2.45) is 0 Å². The summed E-state index contributed by atoms with van der Waals surface area (Å²) in [7, 11) is 4.83. The van der Waals surface area contributed by atoms with Gasteiger partial charge in [0.25, 0.3) is 5.91 Å². The van der Waals surface area contributed by atoms with Crippen molar-refractivity contribution in [1.29, 1.82) is 0 Å². The van der Waals surface area contributed by atoms with Crippen LogP contribution in [0.25, 0.3) is 0 Å². The Kier molecular flexibility index (Phi) is 6.22. The second kappa shape index (κ2) is 8.37. The number of amides is 1. The van der Waals surface area contributed by atoms with Gasteiger partial charge >= 0.3 is 0 Å². The highest BCUT2D eigenvalue weighted by Gasteiger charge is 2.20. The normalized spacial score (nSPS) is 11.6. The standard InChI is InChI=1S/C19H22FNO4/c1-13(25-16-8-6-15(20)7-9-16)19(22)21(2)12-14-5-10-17(23-3)18(11-14)24-4/h5-11,13H,12H2,1-4H3/t13-/m0/s1. The number of benzene rings is 2. The minimum Gasteiger partial charge on any atom is -0.493 e. The summed E-state index contributed by atoms with van der Waals surface area (Å²) in [5, 5.41) is 0. The van der Waals surface area contributed by atoms with Crippen molar-refractivity contribution in [3.05, 3.63) is 53.8 Å². The summed E-state index contributed by atoms with van der Waals surface area (Å²) >= 11 is 0. The molecule has 0 spiro atoms. The monoisotopic (exact) mass is 347 g/mol. The molecule has 1 atom stereocenters. The van der Waals surface area contributed by atoms with Crippen LogP contribution in [0, 0.1) is 5.82 Å². The fraction of sp³-hybridized carbons (Fsp3) is 0.316. The Labute approximate surface area is 146 Å². The maximum absolute atomic E-state index is 12.9. The topological polar surface area (TPSA) is 48.0 Å². The number of rotatable bonds is 7. The molecule has 0 aliphatic carbocycles. The molecule has 6 heteroatoms. The summed E-state index contributed by atoms with van der Waals surface area (Å²) in [6.45, 7) is 2.06. The van der Waals surface area contributed by atoms with Crippen LogP contribution >= 0.6 is 0 Å². The summed E-state index contributed by atoms with van der Waals surface area (Å²) in [6.07, 6.45) is -0.685. The molecular formula is C19H22FNO4. The van der Waals surface area contributed by atoms with Crippen LogP contribution in [0.1, 0.15) is 12.5 Å². The molecule has 2 rings (SSSR count). The van der Waals surface area contributed by atoms with Crippen molar-refractivity contribution < 1.29 is 23.4 Å². The van der Waals surface area contributed by atoms with Crippen molar-refractivity contribution in [3.8, 4) is 17.2 Å². The number of methoxy groups -OCH3 is 2. The summed E-state index contributed by atoms with van der Waals surface area (Å²) in [5.74, 6) is 1.16. The molecule has 0 heterocycles. The van der Waals surface area contributed by atoms with E-state index in [1.165, 1.54) is 24.3 Å². The molecule has 0 N–H and O–H groups in total. The number of hydrogen-bond acceptors (Lipinski definition) is 4. The van der Waals surface area contributed by atoms with Gasteiger partial charge in [-0.25, -0.2) is 4.39 Å². The Bertz CT molecular complexity index is 718. The average molecular weight is 347 g/mol. The molecule has 2 aromatic carbocycles. The van der Waals surface area contributed by atoms with E-state index in [1.807, 2.05) is 12.1 Å². The Hall–Kier alpha value is -2.76. The van der Waals surface area contributed by atoms with Crippen molar-refractivity contribution in [1.82, 2.24) is 4.90 Å². The molecule has 1 amide bonds. The fourth-order valence-corrected chi connectivity index (χ4v) is 2.41. The molecule has 0 aliphatic rings. The number of carbonyl (C=O) groups excluding carboxylic acids is 1. The van der Waals surface area contributed by atoms with Gasteiger partial charge < -0.3 is 19.1 Å². The molecule has 0 saturated carbocycles. The third-order valence-electron chi connectivity index (χ3n) is 3.72. The minimum absolute atomic E-state index is 0.181. The van der Waals surface area contributed by atoms with Crippen molar-refractivity contribution >= 4 is 5.91 Å². The summed E-state index contributed by atoms with van der Waals surface area (Å²) < 4.78 is 29.0. The van der Waals surface area contributed by atoms with Crippen LogP contribution in [0.2, 0.25) is 0 Å². The number of nitrogens with zero attached hydrogens (tertiary/aromatic N) is 1. The lowest BCUT2D eigenvalue weighted by Crippen LogP contribution is -2.37. The van der Waals surface area contributed by atoms with Gasteiger partial charge in [-0.3, -0.25) is 4.79 Å². The van der Waals surface area contributed by atoms with Gasteiger partial charge in [-0.1, -0.05) is 6.07 Å². The van der Waals surface area contributed by atoms with E-state index in [0.717, 1.165) is 5.56 Å². The van der Waals surface area contributed by atoms with E-state index in [1.54, 1.807) is 39.2 Å². The fourth-order valence-electron chi connectivity index (χ4n) is 2.41. The lowest BCUT2D eigenvalue weighted by Gasteiger charge is -2.22. The number of likely N-dealkylation sites (N-methyl/N-ethyl adjacent to an activating group) is 1. The van der Waals surface area contributed by atoms with Crippen LogP contribution in [-0.4, -0.2) is 38.2 Å². The van der Waals surface area contributed by atoms with Gasteiger partial charge in [0.15, 0.2) is 17.6 Å². The highest BCUT2D eigenvalue weighted by atomic mass is 19.1. The first-order valence-corrected chi connectivity index (χ1v) is 7.82. The zero-order valence-electron chi connectivity index (χ0n) is 14.8. The summed E-state index contributed by atoms with van der Waals surface area (Å²) in [5.41, 5.74) is 0.905. The lowest BCUT2D eigenvalue weighted by atomic mass is 10.2. The molecule has 0 fully saturated rings. The highest BCUT2D eigenvalue weighted by molar-refractivity contribution is 5.80. The zero-order valence-corrected chi connectivity index (χ0v) is 14.8. The number of carbonyl (C=O) groups is 1. The maximum atomic E-state index is 12.9. The SMILES string of the molecule is COc1ccc(CN(C)C(=O)[C@H](C)Oc2ccc(F)cc2)cc1OC. The minimum atomic E-state index is -0.685. The van der Waals surface area contributed by atoms with Crippen molar-refractivity contribution in [2.75, 3.05) is 21.3 Å². The van der Waals surface area contributed by atoms with Gasteiger partial charge in [0.1, 0.15) is 11.6 Å². The molecule has 0 radical (unpaired) electrons. The van der Waals surface area contributed by atoms with Crippen LogP contribution in [0.4, 0.5) is 4.39 Å². The molecule has 0 unspecified atom stereocenters. The van der Waals surface area contributed by atoms with Crippen LogP contribution in [0.5, 0.6) is 17.2 Å². The second-order valence-electron chi connectivity index (χ2n) is 5.60. The predicted octanol–water partition coefficient (Wildman–Crippen LogP) is 3.27. The quantitative estimate of drug-likeness (QED) is 0.771. The molecule has 134 valence electrons. The van der Waals surface area contributed by atoms with Crippen LogP contribution in [-0.2, 0) is 11.3 Å². The van der Waals surface area contributed by atoms with Crippen LogP contribution in [0.3, 0.4) is 0 Å². The van der Waals surface area contributed by atoms with Gasteiger partial charge in [0.2, 0.25) is 0 Å². The predicted molar refractivity (Wildman–Crippen MR) is 92.5 cm³/mol. The smallest absolute Gasteiger partial charge is 0.263 e. The third-order valence-corrected chi connectivity index (χ3v) is 3.72. The first-order valence-electron chi connectivity index (χ1n) is 7.82. The molecule has 0 aromatic heterocycles. The summed E-state index contributed by atoms with van der Waals surface area (Å²) in [4.78, 5) is 14.0. The summed E-state index contributed by atoms with van der Waals surface area (Å²) in [6, 6.07) is 11.1. The van der Waals surface area contributed by atoms with E-state index in [9.17, 15) is 9.18 Å². The van der Waals surface area contributed by atoms with Crippen LogP contribution < -0.4 is 14.2 Å². The van der Waals surface area contributed by atoms with Gasteiger partial charge in [-0.2, -0.15) is 0 Å². The van der Waals surface area contributed by atoms with E-state index in [-0.39, 0.29) is 11.7 Å². The Morgan fingerprint density at radius 1 is 1.08 bits per heavy atom. The van der Waals surface area contributed by atoms with Gasteiger partial charge in [-0.15, -0.1) is 0 Å². The van der Waals surface area contributed by atoms with Crippen molar-refractivity contribution in [2.45, 2.75) is 19.6 Å².